The van der Waals surface area contributed by atoms with Gasteiger partial charge >= 0.3 is 0 Å². The maximum Gasteiger partial charge on any atom is 0.243 e. The van der Waals surface area contributed by atoms with Gasteiger partial charge < -0.3 is 10.6 Å². The van der Waals surface area contributed by atoms with E-state index in [1.807, 2.05) is 31.2 Å². The van der Waals surface area contributed by atoms with Crippen molar-refractivity contribution >= 4 is 55.5 Å². The Hall–Kier alpha value is -2.47. The monoisotopic (exact) mass is 491 g/mol. The maximum atomic E-state index is 12.7. The number of carbonyl (C=O) groups is 1. The summed E-state index contributed by atoms with van der Waals surface area (Å²) in [6.45, 7) is 6.36. The fraction of sp³-hybridized carbons (Fsp3) is 0.286. The van der Waals surface area contributed by atoms with Gasteiger partial charge in [-0.25, -0.2) is 8.42 Å². The van der Waals surface area contributed by atoms with E-state index in [2.05, 4.69) is 20.8 Å². The lowest BCUT2D eigenvalue weighted by atomic mass is 10.2. The number of thioether (sulfide) groups is 1. The summed E-state index contributed by atoms with van der Waals surface area (Å²) < 4.78 is 27.4. The first kappa shape index (κ1) is 24.2. The summed E-state index contributed by atoms with van der Waals surface area (Å²) in [5.41, 5.74) is 2.50. The van der Waals surface area contributed by atoms with E-state index >= 15 is 0 Å². The van der Waals surface area contributed by atoms with Crippen molar-refractivity contribution in [3.63, 3.8) is 0 Å². The van der Waals surface area contributed by atoms with Crippen LogP contribution >= 0.6 is 23.1 Å². The second-order valence-electron chi connectivity index (χ2n) is 6.82. The lowest BCUT2D eigenvalue weighted by molar-refractivity contribution is -0.113. The van der Waals surface area contributed by atoms with Gasteiger partial charge in [0.1, 0.15) is 0 Å². The molecular formula is C21H25N5O3S3. The Morgan fingerprint density at radius 1 is 1.06 bits per heavy atom. The molecule has 1 amide bonds. The Balaban J connectivity index is 1.57. The summed E-state index contributed by atoms with van der Waals surface area (Å²) in [5, 5.41) is 14.8. The number of rotatable bonds is 10. The van der Waals surface area contributed by atoms with Crippen molar-refractivity contribution in [1.82, 2.24) is 14.5 Å². The van der Waals surface area contributed by atoms with Crippen LogP contribution in [0.3, 0.4) is 0 Å². The number of aryl methyl sites for hydroxylation is 1. The highest BCUT2D eigenvalue weighted by molar-refractivity contribution is 8.01. The Morgan fingerprint density at radius 3 is 2.50 bits per heavy atom. The van der Waals surface area contributed by atoms with E-state index in [9.17, 15) is 13.2 Å². The molecule has 0 aliphatic heterocycles. The lowest BCUT2D eigenvalue weighted by Gasteiger charge is -2.18. The zero-order chi connectivity index (χ0) is 23.1. The fourth-order valence-electron chi connectivity index (χ4n) is 2.94. The molecular weight excluding hydrogens is 466 g/mol. The molecule has 3 rings (SSSR count). The van der Waals surface area contributed by atoms with Gasteiger partial charge in [0.2, 0.25) is 21.1 Å². The van der Waals surface area contributed by atoms with Crippen molar-refractivity contribution in [3.05, 3.63) is 54.1 Å². The average Bonchev–Trinajstić information content (AvgIpc) is 3.20. The summed E-state index contributed by atoms with van der Waals surface area (Å²) in [4.78, 5) is 12.5. The molecule has 0 radical (unpaired) electrons. The molecule has 0 atom stereocenters. The molecule has 11 heteroatoms. The van der Waals surface area contributed by atoms with E-state index < -0.39 is 10.0 Å². The topological polar surface area (TPSA) is 104 Å². The van der Waals surface area contributed by atoms with Gasteiger partial charge in [-0.15, -0.1) is 10.2 Å². The van der Waals surface area contributed by atoms with Crippen LogP contribution < -0.4 is 10.6 Å². The largest absolute Gasteiger partial charge is 0.330 e. The molecule has 1 aromatic heterocycles. The molecule has 3 aromatic rings. The number of nitrogens with zero attached hydrogens (tertiary/aromatic N) is 3. The molecule has 0 unspecified atom stereocenters. The summed E-state index contributed by atoms with van der Waals surface area (Å²) in [6.07, 6.45) is 0. The summed E-state index contributed by atoms with van der Waals surface area (Å²) >= 11 is 2.63. The Labute approximate surface area is 196 Å². The first-order chi connectivity index (χ1) is 15.3. The predicted octanol–water partition coefficient (Wildman–Crippen LogP) is 4.35. The predicted molar refractivity (Wildman–Crippen MR) is 130 cm³/mol. The van der Waals surface area contributed by atoms with E-state index in [0.717, 1.165) is 11.3 Å². The van der Waals surface area contributed by atoms with Gasteiger partial charge in [0.05, 0.1) is 10.6 Å². The standard InChI is InChI=1S/C21H25N5O3S3/c1-4-26(5-2)32(28,29)18-11-7-10-17(13-18)22-19(27)14-30-21-25-24-20(31-21)23-16-9-6-8-15(3)12-16/h6-13H,4-5,14H2,1-3H3,(H,22,27)(H,23,24). The smallest absolute Gasteiger partial charge is 0.243 e. The number of hydrogen-bond acceptors (Lipinski definition) is 8. The van der Waals surface area contributed by atoms with Crippen LogP contribution in [0.25, 0.3) is 0 Å². The van der Waals surface area contributed by atoms with Crippen LogP contribution in [-0.4, -0.2) is 47.7 Å². The Kier molecular flexibility index (Phi) is 8.24. The van der Waals surface area contributed by atoms with Crippen LogP contribution in [0.5, 0.6) is 0 Å². The molecule has 0 fully saturated rings. The third-order valence-corrected chi connectivity index (χ3v) is 8.48. The van der Waals surface area contributed by atoms with Crippen molar-refractivity contribution in [1.29, 1.82) is 0 Å². The normalized spacial score (nSPS) is 11.5. The molecule has 0 aliphatic carbocycles. The van der Waals surface area contributed by atoms with Crippen LogP contribution in [0.1, 0.15) is 19.4 Å². The number of amides is 1. The molecule has 2 aromatic carbocycles. The van der Waals surface area contributed by atoms with Crippen molar-refractivity contribution in [2.24, 2.45) is 0 Å². The average molecular weight is 492 g/mol. The second kappa shape index (κ2) is 10.9. The fourth-order valence-corrected chi connectivity index (χ4v) is 6.01. The maximum absolute atomic E-state index is 12.7. The summed E-state index contributed by atoms with van der Waals surface area (Å²) in [6, 6.07) is 14.2. The van der Waals surface area contributed by atoms with Gasteiger partial charge in [-0.2, -0.15) is 4.31 Å². The number of sulfonamides is 1. The quantitative estimate of drug-likeness (QED) is 0.406. The lowest BCUT2D eigenvalue weighted by Crippen LogP contribution is -2.30. The van der Waals surface area contributed by atoms with Crippen molar-refractivity contribution in [3.8, 4) is 0 Å². The van der Waals surface area contributed by atoms with Crippen molar-refractivity contribution in [2.45, 2.75) is 30.0 Å². The van der Waals surface area contributed by atoms with Gasteiger partial charge in [-0.1, -0.05) is 55.1 Å². The molecule has 0 spiro atoms. The van der Waals surface area contributed by atoms with Gasteiger partial charge in [-0.05, 0) is 42.8 Å². The molecule has 1 heterocycles. The molecule has 170 valence electrons. The van der Waals surface area contributed by atoms with Crippen LogP contribution in [0.15, 0.2) is 57.8 Å². The van der Waals surface area contributed by atoms with E-state index in [-0.39, 0.29) is 16.6 Å². The number of anilines is 3. The SMILES string of the molecule is CCN(CC)S(=O)(=O)c1cccc(NC(=O)CSc2nnc(Nc3cccc(C)c3)s2)c1. The highest BCUT2D eigenvalue weighted by Gasteiger charge is 2.22. The molecule has 2 N–H and O–H groups in total. The van der Waals surface area contributed by atoms with Gasteiger partial charge in [0.15, 0.2) is 4.34 Å². The Bertz CT molecular complexity index is 1180. The van der Waals surface area contributed by atoms with E-state index in [0.29, 0.717) is 28.2 Å². The molecule has 32 heavy (non-hydrogen) atoms. The van der Waals surface area contributed by atoms with Crippen molar-refractivity contribution in [2.75, 3.05) is 29.5 Å². The molecule has 0 aliphatic rings. The molecule has 0 bridgehead atoms. The number of carbonyl (C=O) groups excluding carboxylic acids is 1. The third kappa shape index (κ3) is 6.28. The minimum Gasteiger partial charge on any atom is -0.330 e. The number of hydrogen-bond donors (Lipinski definition) is 2. The van der Waals surface area contributed by atoms with Gasteiger partial charge in [-0.3, -0.25) is 4.79 Å². The Morgan fingerprint density at radius 2 is 1.78 bits per heavy atom. The third-order valence-electron chi connectivity index (χ3n) is 4.46. The van der Waals surface area contributed by atoms with Crippen LogP contribution in [0, 0.1) is 6.92 Å². The van der Waals surface area contributed by atoms with Crippen LogP contribution in [-0.2, 0) is 14.8 Å². The van der Waals surface area contributed by atoms with E-state index in [1.165, 1.54) is 39.5 Å². The van der Waals surface area contributed by atoms with E-state index in [4.69, 9.17) is 0 Å². The summed E-state index contributed by atoms with van der Waals surface area (Å²) in [7, 11) is -3.59. The van der Waals surface area contributed by atoms with Crippen molar-refractivity contribution < 1.29 is 13.2 Å². The zero-order valence-corrected chi connectivity index (χ0v) is 20.5. The first-order valence-corrected chi connectivity index (χ1v) is 13.3. The molecule has 0 saturated heterocycles. The highest BCUT2D eigenvalue weighted by Crippen LogP contribution is 2.28. The van der Waals surface area contributed by atoms with Crippen LogP contribution in [0.4, 0.5) is 16.5 Å². The van der Waals surface area contributed by atoms with Crippen LogP contribution in [0.2, 0.25) is 0 Å². The molecule has 0 saturated carbocycles. The minimum atomic E-state index is -3.59. The number of benzene rings is 2. The number of aromatic nitrogens is 2. The number of nitrogens with one attached hydrogen (secondary N) is 2. The zero-order valence-electron chi connectivity index (χ0n) is 18.0. The van der Waals surface area contributed by atoms with E-state index in [1.54, 1.807) is 26.0 Å². The van der Waals surface area contributed by atoms with Gasteiger partial charge in [0.25, 0.3) is 0 Å². The first-order valence-electron chi connectivity index (χ1n) is 10.0. The summed E-state index contributed by atoms with van der Waals surface area (Å²) in [5.74, 6) is -0.123. The molecule has 8 nitrogen and oxygen atoms in total. The van der Waals surface area contributed by atoms with Gasteiger partial charge in [0, 0.05) is 24.5 Å². The minimum absolute atomic E-state index is 0.131. The highest BCUT2D eigenvalue weighted by atomic mass is 32.2. The second-order valence-corrected chi connectivity index (χ2v) is 11.0.